The van der Waals surface area contributed by atoms with Crippen LogP contribution >= 0.6 is 0 Å². The van der Waals surface area contributed by atoms with Crippen molar-refractivity contribution in [1.82, 2.24) is 20.0 Å². The molecule has 0 saturated carbocycles. The Bertz CT molecular complexity index is 686. The van der Waals surface area contributed by atoms with Crippen molar-refractivity contribution in [3.63, 3.8) is 0 Å². The summed E-state index contributed by atoms with van der Waals surface area (Å²) in [7, 11) is 0. The molecule has 0 unspecified atom stereocenters. The number of morpholine rings is 1. The van der Waals surface area contributed by atoms with Crippen molar-refractivity contribution in [2.45, 2.75) is 39.2 Å². The zero-order chi connectivity index (χ0) is 16.9. The molecule has 0 aromatic carbocycles. The summed E-state index contributed by atoms with van der Waals surface area (Å²) < 4.78 is 11.0. The smallest absolute Gasteiger partial charge is 0.259 e. The van der Waals surface area contributed by atoms with Crippen LogP contribution in [-0.4, -0.2) is 51.7 Å². The number of hydrogen-bond acceptors (Lipinski definition) is 6. The average molecular weight is 330 g/mol. The third-order valence-corrected chi connectivity index (χ3v) is 4.27. The van der Waals surface area contributed by atoms with Gasteiger partial charge in [-0.2, -0.15) is 0 Å². The number of rotatable bonds is 5. The van der Waals surface area contributed by atoms with Crippen LogP contribution in [0.3, 0.4) is 0 Å². The van der Waals surface area contributed by atoms with Crippen molar-refractivity contribution >= 4 is 5.91 Å². The molecule has 0 aliphatic carbocycles. The van der Waals surface area contributed by atoms with Crippen LogP contribution in [0.25, 0.3) is 0 Å². The molecular weight excluding hydrogens is 308 g/mol. The normalized spacial score (nSPS) is 17.9. The number of aromatic nitrogens is 3. The molecule has 3 heterocycles. The third kappa shape index (κ3) is 3.62. The minimum Gasteiger partial charge on any atom is -0.375 e. The molecule has 1 fully saturated rings. The molecule has 1 amide bonds. The van der Waals surface area contributed by atoms with Gasteiger partial charge in [0, 0.05) is 25.0 Å². The number of ether oxygens (including phenoxy) is 1. The van der Waals surface area contributed by atoms with Gasteiger partial charge in [-0.1, -0.05) is 12.1 Å². The molecule has 1 saturated heterocycles. The fraction of sp³-hybridized carbons (Fsp3) is 0.529. The van der Waals surface area contributed by atoms with Gasteiger partial charge >= 0.3 is 0 Å². The van der Waals surface area contributed by atoms with Gasteiger partial charge < -0.3 is 14.2 Å². The molecule has 1 aliphatic rings. The third-order valence-electron chi connectivity index (χ3n) is 4.27. The second-order valence-electron chi connectivity index (χ2n) is 5.90. The van der Waals surface area contributed by atoms with E-state index in [2.05, 4.69) is 15.1 Å². The fourth-order valence-electron chi connectivity index (χ4n) is 2.94. The van der Waals surface area contributed by atoms with E-state index in [0.717, 1.165) is 24.2 Å². The highest BCUT2D eigenvalue weighted by Crippen LogP contribution is 2.19. The van der Waals surface area contributed by atoms with Gasteiger partial charge in [-0.25, -0.2) is 9.97 Å². The predicted octanol–water partition coefficient (Wildman–Crippen LogP) is 1.81. The van der Waals surface area contributed by atoms with Gasteiger partial charge in [0.2, 0.25) is 0 Å². The molecule has 1 aliphatic heterocycles. The van der Waals surface area contributed by atoms with E-state index in [1.807, 2.05) is 17.9 Å². The van der Waals surface area contributed by atoms with Crippen molar-refractivity contribution in [2.75, 3.05) is 19.7 Å². The van der Waals surface area contributed by atoms with Crippen molar-refractivity contribution in [3.05, 3.63) is 41.3 Å². The second kappa shape index (κ2) is 7.53. The van der Waals surface area contributed by atoms with E-state index in [1.54, 1.807) is 19.4 Å². The van der Waals surface area contributed by atoms with Crippen LogP contribution < -0.4 is 0 Å². The zero-order valence-corrected chi connectivity index (χ0v) is 14.1. The zero-order valence-electron chi connectivity index (χ0n) is 14.1. The molecule has 7 nitrogen and oxygen atoms in total. The number of amides is 1. The second-order valence-corrected chi connectivity index (χ2v) is 5.90. The van der Waals surface area contributed by atoms with Crippen LogP contribution in [0.5, 0.6) is 0 Å². The maximum atomic E-state index is 12.8. The first kappa shape index (κ1) is 16.6. The summed E-state index contributed by atoms with van der Waals surface area (Å²) in [5.41, 5.74) is 2.32. The van der Waals surface area contributed by atoms with Crippen LogP contribution in [0.15, 0.2) is 23.1 Å². The Morgan fingerprint density at radius 1 is 1.46 bits per heavy atom. The number of carbonyl (C=O) groups excluding carboxylic acids is 1. The first-order valence-corrected chi connectivity index (χ1v) is 8.30. The van der Waals surface area contributed by atoms with E-state index in [1.165, 1.54) is 0 Å². The Labute approximate surface area is 141 Å². The van der Waals surface area contributed by atoms with Crippen molar-refractivity contribution < 1.29 is 14.1 Å². The van der Waals surface area contributed by atoms with Gasteiger partial charge in [0.25, 0.3) is 5.91 Å². The first-order valence-electron chi connectivity index (χ1n) is 8.30. The van der Waals surface area contributed by atoms with Crippen molar-refractivity contribution in [3.8, 4) is 0 Å². The average Bonchev–Trinajstić information content (AvgIpc) is 3.01. The molecule has 2 aromatic rings. The molecule has 0 bridgehead atoms. The van der Waals surface area contributed by atoms with E-state index in [-0.39, 0.29) is 12.0 Å². The number of hydrogen-bond donors (Lipinski definition) is 0. The van der Waals surface area contributed by atoms with Gasteiger partial charge in [-0.15, -0.1) is 0 Å². The van der Waals surface area contributed by atoms with E-state index in [4.69, 9.17) is 9.26 Å². The molecule has 0 N–H and O–H groups in total. The van der Waals surface area contributed by atoms with Gasteiger partial charge in [0.05, 0.1) is 18.4 Å². The quantitative estimate of drug-likeness (QED) is 0.831. The van der Waals surface area contributed by atoms with Crippen LogP contribution in [0, 0.1) is 6.92 Å². The lowest BCUT2D eigenvalue weighted by atomic mass is 10.1. The molecular formula is C17H22N4O3. The lowest BCUT2D eigenvalue weighted by Gasteiger charge is -2.33. The van der Waals surface area contributed by atoms with E-state index in [9.17, 15) is 4.79 Å². The highest BCUT2D eigenvalue weighted by Gasteiger charge is 2.29. The first-order chi connectivity index (χ1) is 11.7. The maximum Gasteiger partial charge on any atom is 0.259 e. The molecule has 2 aromatic heterocycles. The molecule has 128 valence electrons. The van der Waals surface area contributed by atoms with Crippen LogP contribution in [0.4, 0.5) is 0 Å². The summed E-state index contributed by atoms with van der Waals surface area (Å²) in [6, 6.07) is 1.90. The summed E-state index contributed by atoms with van der Waals surface area (Å²) in [6.07, 6.45) is 5.61. The predicted molar refractivity (Wildman–Crippen MR) is 86.6 cm³/mol. The summed E-state index contributed by atoms with van der Waals surface area (Å²) in [5, 5.41) is 3.98. The van der Waals surface area contributed by atoms with Gasteiger partial charge in [-0.3, -0.25) is 4.79 Å². The molecule has 0 radical (unpaired) electrons. The summed E-state index contributed by atoms with van der Waals surface area (Å²) in [6.45, 7) is 5.48. The Balaban J connectivity index is 1.62. The molecule has 3 rings (SSSR count). The number of aryl methyl sites for hydroxylation is 3. The Morgan fingerprint density at radius 2 is 2.33 bits per heavy atom. The summed E-state index contributed by atoms with van der Waals surface area (Å²) in [5.74, 6) is 0.571. The molecule has 0 spiro atoms. The van der Waals surface area contributed by atoms with E-state index in [0.29, 0.717) is 37.4 Å². The monoisotopic (exact) mass is 330 g/mol. The lowest BCUT2D eigenvalue weighted by Crippen LogP contribution is -2.46. The minimum atomic E-state index is -0.0130. The van der Waals surface area contributed by atoms with Crippen molar-refractivity contribution in [2.24, 2.45) is 0 Å². The lowest BCUT2D eigenvalue weighted by molar-refractivity contribution is -0.0247. The Hall–Kier alpha value is -2.28. The highest BCUT2D eigenvalue weighted by atomic mass is 16.5. The largest absolute Gasteiger partial charge is 0.375 e. The van der Waals surface area contributed by atoms with E-state index >= 15 is 0 Å². The van der Waals surface area contributed by atoms with Gasteiger partial charge in [0.15, 0.2) is 0 Å². The van der Waals surface area contributed by atoms with Gasteiger partial charge in [0.1, 0.15) is 17.7 Å². The highest BCUT2D eigenvalue weighted by molar-refractivity contribution is 5.96. The van der Waals surface area contributed by atoms with Crippen molar-refractivity contribution in [1.29, 1.82) is 0 Å². The van der Waals surface area contributed by atoms with Crippen LogP contribution in [-0.2, 0) is 17.6 Å². The Kier molecular flexibility index (Phi) is 5.20. The van der Waals surface area contributed by atoms with Crippen LogP contribution in [0.2, 0.25) is 0 Å². The maximum absolute atomic E-state index is 12.8. The number of nitrogens with zero attached hydrogens (tertiary/aromatic N) is 4. The minimum absolute atomic E-state index is 0.0130. The summed E-state index contributed by atoms with van der Waals surface area (Å²) >= 11 is 0. The Morgan fingerprint density at radius 3 is 3.08 bits per heavy atom. The molecule has 24 heavy (non-hydrogen) atoms. The standard InChI is InChI=1S/C17H22N4O3/c1-3-15-16(12(2)24-20-15)17(22)21-8-9-23-14(10-21)5-4-13-6-7-18-11-19-13/h6-7,11,14H,3-5,8-10H2,1-2H3/t14-/m1/s1. The fourth-order valence-corrected chi connectivity index (χ4v) is 2.94. The molecule has 1 atom stereocenters. The van der Waals surface area contributed by atoms with E-state index < -0.39 is 0 Å². The SMILES string of the molecule is CCc1noc(C)c1C(=O)N1CCO[C@H](CCc2ccncn2)C1. The molecule has 7 heteroatoms. The topological polar surface area (TPSA) is 81.4 Å². The summed E-state index contributed by atoms with van der Waals surface area (Å²) in [4.78, 5) is 22.8. The van der Waals surface area contributed by atoms with Gasteiger partial charge in [-0.05, 0) is 32.3 Å². The number of carbonyl (C=O) groups is 1. The van der Waals surface area contributed by atoms with Crippen LogP contribution in [0.1, 0.15) is 40.9 Å².